The minimum Gasteiger partial charge on any atom is -0.493 e. The van der Waals surface area contributed by atoms with Crippen LogP contribution in [-0.2, 0) is 14.6 Å². The monoisotopic (exact) mass is 397 g/mol. The Balaban J connectivity index is 2.16. The van der Waals surface area contributed by atoms with Gasteiger partial charge < -0.3 is 14.8 Å². The average molecular weight is 397 g/mol. The maximum absolute atomic E-state index is 12.3. The summed E-state index contributed by atoms with van der Waals surface area (Å²) in [4.78, 5) is 12.1. The lowest BCUT2D eigenvalue weighted by molar-refractivity contribution is -0.111. The first-order chi connectivity index (χ1) is 12.7. The zero-order valence-corrected chi connectivity index (χ0v) is 15.3. The molecule has 0 aromatic heterocycles. The highest BCUT2D eigenvalue weighted by atomic mass is 32.2. The van der Waals surface area contributed by atoms with Gasteiger partial charge in [0.2, 0.25) is 5.91 Å². The van der Waals surface area contributed by atoms with Crippen molar-refractivity contribution in [2.75, 3.05) is 18.7 Å². The van der Waals surface area contributed by atoms with Gasteiger partial charge in [0.25, 0.3) is 0 Å². The zero-order chi connectivity index (χ0) is 20.0. The van der Waals surface area contributed by atoms with Crippen LogP contribution in [0.15, 0.2) is 53.4 Å². The number of hydrogen-bond donors (Lipinski definition) is 1. The van der Waals surface area contributed by atoms with Crippen molar-refractivity contribution in [1.82, 2.24) is 0 Å². The normalized spacial score (nSPS) is 11.6. The Labute approximate surface area is 155 Å². The number of ether oxygens (including phenoxy) is 2. The molecule has 0 aliphatic rings. The molecule has 0 saturated carbocycles. The maximum Gasteiger partial charge on any atom is 0.387 e. The third-order valence-corrected chi connectivity index (χ3v) is 4.53. The number of amides is 1. The number of halogens is 2. The summed E-state index contributed by atoms with van der Waals surface area (Å²) in [6, 6.07) is 10.2. The first-order valence-electron chi connectivity index (χ1n) is 7.61. The third-order valence-electron chi connectivity index (χ3n) is 3.38. The van der Waals surface area contributed by atoms with Gasteiger partial charge in [-0.1, -0.05) is 18.2 Å². The molecule has 9 heteroatoms. The highest BCUT2D eigenvalue weighted by Crippen LogP contribution is 2.30. The highest BCUT2D eigenvalue weighted by Gasteiger charge is 2.14. The summed E-state index contributed by atoms with van der Waals surface area (Å²) in [6.07, 6.45) is 3.65. The summed E-state index contributed by atoms with van der Waals surface area (Å²) in [5, 5.41) is 2.49. The van der Waals surface area contributed by atoms with Crippen molar-refractivity contribution in [1.29, 1.82) is 0 Å². The second-order valence-electron chi connectivity index (χ2n) is 5.38. The van der Waals surface area contributed by atoms with E-state index in [9.17, 15) is 22.0 Å². The number of carbonyl (C=O) groups is 1. The summed E-state index contributed by atoms with van der Waals surface area (Å²) in [5.41, 5.74) is 0.660. The predicted molar refractivity (Wildman–Crippen MR) is 96.8 cm³/mol. The maximum atomic E-state index is 12.3. The van der Waals surface area contributed by atoms with Crippen molar-refractivity contribution in [2.24, 2.45) is 0 Å². The number of benzene rings is 2. The quantitative estimate of drug-likeness (QED) is 0.725. The van der Waals surface area contributed by atoms with E-state index >= 15 is 0 Å². The third kappa shape index (κ3) is 5.78. The van der Waals surface area contributed by atoms with Crippen LogP contribution < -0.4 is 14.8 Å². The smallest absolute Gasteiger partial charge is 0.387 e. The van der Waals surface area contributed by atoms with Gasteiger partial charge in [0.05, 0.1) is 17.7 Å². The SMILES string of the molecule is COc1cc(C=CC(=O)Nc2ccccc2S(C)(=O)=O)ccc1OC(F)F. The lowest BCUT2D eigenvalue weighted by Gasteiger charge is -2.10. The predicted octanol–water partition coefficient (Wildman–Crippen LogP) is 3.35. The lowest BCUT2D eigenvalue weighted by atomic mass is 10.2. The molecule has 1 amide bonds. The number of alkyl halides is 2. The molecule has 0 spiro atoms. The molecule has 0 bridgehead atoms. The van der Waals surface area contributed by atoms with Crippen LogP contribution in [0.25, 0.3) is 6.08 Å². The van der Waals surface area contributed by atoms with Crippen LogP contribution in [0.1, 0.15) is 5.56 Å². The zero-order valence-electron chi connectivity index (χ0n) is 14.5. The average Bonchev–Trinajstić information content (AvgIpc) is 2.60. The standard InChI is InChI=1S/C18H17F2NO5S/c1-25-15-11-12(7-9-14(15)26-18(19)20)8-10-17(22)21-13-5-3-4-6-16(13)27(2,23)24/h3-11,18H,1-2H3,(H,21,22). The molecule has 2 aromatic rings. The van der Waals surface area contributed by atoms with Gasteiger partial charge in [-0.25, -0.2) is 8.42 Å². The number of nitrogens with one attached hydrogen (secondary N) is 1. The van der Waals surface area contributed by atoms with Gasteiger partial charge >= 0.3 is 6.61 Å². The van der Waals surface area contributed by atoms with Gasteiger partial charge in [-0.3, -0.25) is 4.79 Å². The van der Waals surface area contributed by atoms with Gasteiger partial charge in [-0.05, 0) is 35.9 Å². The van der Waals surface area contributed by atoms with E-state index in [0.717, 1.165) is 6.26 Å². The minimum atomic E-state index is -3.50. The number of para-hydroxylation sites is 1. The summed E-state index contributed by atoms with van der Waals surface area (Å²) >= 11 is 0. The summed E-state index contributed by atoms with van der Waals surface area (Å²) in [7, 11) is -2.20. The number of carbonyl (C=O) groups excluding carboxylic acids is 1. The van der Waals surface area contributed by atoms with Crippen LogP contribution in [0.2, 0.25) is 0 Å². The Bertz CT molecular complexity index is 958. The van der Waals surface area contributed by atoms with Gasteiger partial charge in [0.1, 0.15) is 0 Å². The molecule has 144 valence electrons. The molecule has 0 aliphatic carbocycles. The summed E-state index contributed by atoms with van der Waals surface area (Å²) < 4.78 is 57.4. The molecule has 0 saturated heterocycles. The van der Waals surface area contributed by atoms with E-state index in [4.69, 9.17) is 4.74 Å². The fraction of sp³-hybridized carbons (Fsp3) is 0.167. The second-order valence-corrected chi connectivity index (χ2v) is 7.36. The van der Waals surface area contributed by atoms with Crippen molar-refractivity contribution in [3.8, 4) is 11.5 Å². The van der Waals surface area contributed by atoms with Gasteiger partial charge in [-0.15, -0.1) is 0 Å². The van der Waals surface area contributed by atoms with Crippen molar-refractivity contribution in [2.45, 2.75) is 11.5 Å². The van der Waals surface area contributed by atoms with Crippen LogP contribution in [0, 0.1) is 0 Å². The van der Waals surface area contributed by atoms with E-state index < -0.39 is 22.4 Å². The van der Waals surface area contributed by atoms with Crippen molar-refractivity contribution in [3.63, 3.8) is 0 Å². The van der Waals surface area contributed by atoms with Gasteiger partial charge in [-0.2, -0.15) is 8.78 Å². The van der Waals surface area contributed by atoms with E-state index in [-0.39, 0.29) is 22.1 Å². The molecule has 6 nitrogen and oxygen atoms in total. The van der Waals surface area contributed by atoms with Crippen molar-refractivity contribution < 1.29 is 31.5 Å². The van der Waals surface area contributed by atoms with Crippen LogP contribution >= 0.6 is 0 Å². The Morgan fingerprint density at radius 2 is 1.85 bits per heavy atom. The molecule has 2 rings (SSSR count). The molecule has 0 heterocycles. The molecule has 0 fully saturated rings. The Morgan fingerprint density at radius 3 is 2.48 bits per heavy atom. The van der Waals surface area contributed by atoms with Crippen LogP contribution in [0.3, 0.4) is 0 Å². The topological polar surface area (TPSA) is 81.7 Å². The van der Waals surface area contributed by atoms with E-state index in [1.54, 1.807) is 12.1 Å². The highest BCUT2D eigenvalue weighted by molar-refractivity contribution is 7.90. The Morgan fingerprint density at radius 1 is 1.15 bits per heavy atom. The molecule has 2 aromatic carbocycles. The molecular weight excluding hydrogens is 380 g/mol. The van der Waals surface area contributed by atoms with E-state index in [2.05, 4.69) is 10.1 Å². The fourth-order valence-electron chi connectivity index (χ4n) is 2.22. The number of anilines is 1. The summed E-state index contributed by atoms with van der Waals surface area (Å²) in [5.74, 6) is -0.602. The molecule has 0 radical (unpaired) electrons. The van der Waals surface area contributed by atoms with Crippen LogP contribution in [0.4, 0.5) is 14.5 Å². The molecule has 0 atom stereocenters. The molecule has 27 heavy (non-hydrogen) atoms. The molecular formula is C18H17F2NO5S. The Hall–Kier alpha value is -2.94. The largest absolute Gasteiger partial charge is 0.493 e. The fourth-order valence-corrected chi connectivity index (χ4v) is 3.07. The lowest BCUT2D eigenvalue weighted by Crippen LogP contribution is -2.11. The number of methoxy groups -OCH3 is 1. The van der Waals surface area contributed by atoms with E-state index in [0.29, 0.717) is 5.56 Å². The van der Waals surface area contributed by atoms with Crippen molar-refractivity contribution in [3.05, 3.63) is 54.1 Å². The number of sulfone groups is 1. The number of rotatable bonds is 7. The van der Waals surface area contributed by atoms with Crippen molar-refractivity contribution >= 4 is 27.5 Å². The molecule has 0 unspecified atom stereocenters. The molecule has 1 N–H and O–H groups in total. The van der Waals surface area contributed by atoms with Crippen LogP contribution in [0.5, 0.6) is 11.5 Å². The first kappa shape index (κ1) is 20.4. The Kier molecular flexibility index (Phi) is 6.51. The minimum absolute atomic E-state index is 0.00178. The van der Waals surface area contributed by atoms with E-state index in [1.165, 1.54) is 49.6 Å². The van der Waals surface area contributed by atoms with Gasteiger partial charge in [0, 0.05) is 12.3 Å². The second kappa shape index (κ2) is 8.63. The summed E-state index contributed by atoms with van der Waals surface area (Å²) in [6.45, 7) is -2.99. The first-order valence-corrected chi connectivity index (χ1v) is 9.51. The van der Waals surface area contributed by atoms with Crippen LogP contribution in [-0.4, -0.2) is 34.3 Å². The number of hydrogen-bond acceptors (Lipinski definition) is 5. The van der Waals surface area contributed by atoms with Gasteiger partial charge in [0.15, 0.2) is 21.3 Å². The molecule has 0 aliphatic heterocycles. The van der Waals surface area contributed by atoms with E-state index in [1.807, 2.05) is 0 Å².